The van der Waals surface area contributed by atoms with Gasteiger partial charge >= 0.3 is 0 Å². The fourth-order valence-corrected chi connectivity index (χ4v) is 3.65. The number of rotatable bonds is 2. The first-order chi connectivity index (χ1) is 8.39. The molecule has 0 spiro atoms. The van der Waals surface area contributed by atoms with Crippen molar-refractivity contribution in [2.75, 3.05) is 29.5 Å². The van der Waals surface area contributed by atoms with Crippen molar-refractivity contribution in [1.82, 2.24) is 0 Å². The average molecular weight is 334 g/mol. The maximum Gasteiger partial charge on any atom is 0.153 e. The number of hydrogen-bond donors (Lipinski definition) is 1. The van der Waals surface area contributed by atoms with Crippen molar-refractivity contribution < 1.29 is 13.5 Å². The maximum absolute atomic E-state index is 11.4. The van der Waals surface area contributed by atoms with Gasteiger partial charge in [-0.2, -0.15) is 0 Å². The maximum atomic E-state index is 11.4. The Morgan fingerprint density at radius 2 is 1.94 bits per heavy atom. The van der Waals surface area contributed by atoms with Gasteiger partial charge in [0.25, 0.3) is 0 Å². The van der Waals surface area contributed by atoms with Crippen LogP contribution in [0.2, 0.25) is 0 Å². The molecule has 1 heterocycles. The zero-order valence-corrected chi connectivity index (χ0v) is 12.5. The fourth-order valence-electron chi connectivity index (χ4n) is 2.10. The molecule has 4 nitrogen and oxygen atoms in total. The molecule has 1 N–H and O–H groups in total. The summed E-state index contributed by atoms with van der Waals surface area (Å²) < 4.78 is 23.8. The van der Waals surface area contributed by atoms with Gasteiger partial charge in [0, 0.05) is 28.8 Å². The molecule has 2 rings (SSSR count). The highest BCUT2D eigenvalue weighted by Gasteiger charge is 2.24. The monoisotopic (exact) mass is 333 g/mol. The second kappa shape index (κ2) is 5.19. The van der Waals surface area contributed by atoms with E-state index in [0.29, 0.717) is 13.1 Å². The molecule has 0 amide bonds. The van der Waals surface area contributed by atoms with Crippen molar-refractivity contribution in [2.24, 2.45) is 0 Å². The van der Waals surface area contributed by atoms with E-state index < -0.39 is 15.9 Å². The van der Waals surface area contributed by atoms with Crippen molar-refractivity contribution in [3.8, 4) is 0 Å². The highest BCUT2D eigenvalue weighted by molar-refractivity contribution is 9.10. The zero-order chi connectivity index (χ0) is 13.3. The number of anilines is 1. The van der Waals surface area contributed by atoms with Crippen LogP contribution < -0.4 is 4.90 Å². The summed E-state index contributed by atoms with van der Waals surface area (Å²) in [5.41, 5.74) is 1.74. The summed E-state index contributed by atoms with van der Waals surface area (Å²) in [6, 6.07) is 5.68. The van der Waals surface area contributed by atoms with Gasteiger partial charge in [-0.25, -0.2) is 8.42 Å². The summed E-state index contributed by atoms with van der Waals surface area (Å²) in [6.45, 7) is 2.68. The number of benzene rings is 1. The lowest BCUT2D eigenvalue weighted by atomic mass is 10.1. The van der Waals surface area contributed by atoms with Gasteiger partial charge < -0.3 is 10.0 Å². The van der Waals surface area contributed by atoms with Gasteiger partial charge in [0.15, 0.2) is 9.84 Å². The standard InChI is InChI=1S/C12H16BrNO3S/c1-9(15)11-3-2-10(13)8-12(11)14-4-6-18(16,17)7-5-14/h2-3,8-9,15H,4-7H2,1H3. The largest absolute Gasteiger partial charge is 0.389 e. The van der Waals surface area contributed by atoms with E-state index >= 15 is 0 Å². The highest BCUT2D eigenvalue weighted by atomic mass is 79.9. The van der Waals surface area contributed by atoms with Crippen LogP contribution in [0.15, 0.2) is 22.7 Å². The minimum atomic E-state index is -2.88. The van der Waals surface area contributed by atoms with Crippen LogP contribution in [0.25, 0.3) is 0 Å². The summed E-state index contributed by atoms with van der Waals surface area (Å²) in [5, 5.41) is 9.77. The molecule has 1 unspecified atom stereocenters. The van der Waals surface area contributed by atoms with Crippen molar-refractivity contribution in [1.29, 1.82) is 0 Å². The number of nitrogens with zero attached hydrogens (tertiary/aromatic N) is 1. The predicted octanol–water partition coefficient (Wildman–Crippen LogP) is 1.74. The topological polar surface area (TPSA) is 57.6 Å². The van der Waals surface area contributed by atoms with Crippen LogP contribution >= 0.6 is 15.9 Å². The molecule has 0 saturated carbocycles. The van der Waals surface area contributed by atoms with Gasteiger partial charge in [-0.1, -0.05) is 22.0 Å². The van der Waals surface area contributed by atoms with Crippen LogP contribution in [-0.2, 0) is 9.84 Å². The molecule has 1 saturated heterocycles. The Labute approximate surface area is 116 Å². The Morgan fingerprint density at radius 1 is 1.33 bits per heavy atom. The molecule has 18 heavy (non-hydrogen) atoms. The highest BCUT2D eigenvalue weighted by Crippen LogP contribution is 2.30. The van der Waals surface area contributed by atoms with Crippen LogP contribution in [0.3, 0.4) is 0 Å². The van der Waals surface area contributed by atoms with Gasteiger partial charge in [0.05, 0.1) is 17.6 Å². The first kappa shape index (κ1) is 13.8. The van der Waals surface area contributed by atoms with E-state index in [9.17, 15) is 13.5 Å². The van der Waals surface area contributed by atoms with Crippen LogP contribution in [0.1, 0.15) is 18.6 Å². The third-order valence-corrected chi connectivity index (χ3v) is 5.23. The van der Waals surface area contributed by atoms with Crippen molar-refractivity contribution in [2.45, 2.75) is 13.0 Å². The molecule has 0 aromatic heterocycles. The normalized spacial score (nSPS) is 20.7. The minimum Gasteiger partial charge on any atom is -0.389 e. The van der Waals surface area contributed by atoms with Crippen LogP contribution in [0.4, 0.5) is 5.69 Å². The molecule has 1 aliphatic heterocycles. The molecular formula is C12H16BrNO3S. The second-order valence-electron chi connectivity index (χ2n) is 4.52. The van der Waals surface area contributed by atoms with Gasteiger partial charge in [-0.05, 0) is 19.1 Å². The Morgan fingerprint density at radius 3 is 2.50 bits per heavy atom. The van der Waals surface area contributed by atoms with E-state index in [1.54, 1.807) is 6.92 Å². The number of halogens is 1. The SMILES string of the molecule is CC(O)c1ccc(Br)cc1N1CCS(=O)(=O)CC1. The first-order valence-corrected chi connectivity index (χ1v) is 8.43. The molecule has 1 aliphatic rings. The predicted molar refractivity (Wildman–Crippen MR) is 75.6 cm³/mol. The van der Waals surface area contributed by atoms with Gasteiger partial charge in [-0.15, -0.1) is 0 Å². The molecule has 1 aromatic carbocycles. The quantitative estimate of drug-likeness (QED) is 0.895. The summed E-state index contributed by atoms with van der Waals surface area (Å²) in [7, 11) is -2.88. The van der Waals surface area contributed by atoms with Crippen LogP contribution in [-0.4, -0.2) is 38.1 Å². The first-order valence-electron chi connectivity index (χ1n) is 5.82. The minimum absolute atomic E-state index is 0.179. The summed E-state index contributed by atoms with van der Waals surface area (Å²) in [6.07, 6.45) is -0.563. The van der Waals surface area contributed by atoms with Gasteiger partial charge in [0.1, 0.15) is 0 Å². The number of aliphatic hydroxyl groups excluding tert-OH is 1. The van der Waals surface area contributed by atoms with E-state index in [0.717, 1.165) is 15.7 Å². The van der Waals surface area contributed by atoms with Crippen molar-refractivity contribution in [3.63, 3.8) is 0 Å². The molecule has 0 bridgehead atoms. The van der Waals surface area contributed by atoms with E-state index in [4.69, 9.17) is 0 Å². The lowest BCUT2D eigenvalue weighted by Crippen LogP contribution is -2.40. The lowest BCUT2D eigenvalue weighted by Gasteiger charge is -2.31. The average Bonchev–Trinajstić information content (AvgIpc) is 2.28. The molecule has 100 valence electrons. The summed E-state index contributed by atoms with van der Waals surface area (Å²) in [5.74, 6) is 0.359. The molecule has 1 atom stereocenters. The number of aliphatic hydroxyl groups is 1. The third-order valence-electron chi connectivity index (χ3n) is 3.13. The fraction of sp³-hybridized carbons (Fsp3) is 0.500. The Kier molecular flexibility index (Phi) is 3.99. The van der Waals surface area contributed by atoms with Crippen LogP contribution in [0, 0.1) is 0 Å². The van der Waals surface area contributed by atoms with Crippen LogP contribution in [0.5, 0.6) is 0 Å². The van der Waals surface area contributed by atoms with Gasteiger partial charge in [-0.3, -0.25) is 0 Å². The molecule has 1 fully saturated rings. The van der Waals surface area contributed by atoms with E-state index in [1.807, 2.05) is 23.1 Å². The number of sulfone groups is 1. The molecular weight excluding hydrogens is 318 g/mol. The number of hydrogen-bond acceptors (Lipinski definition) is 4. The van der Waals surface area contributed by atoms with Crippen molar-refractivity contribution >= 4 is 31.5 Å². The smallest absolute Gasteiger partial charge is 0.153 e. The van der Waals surface area contributed by atoms with Crippen molar-refractivity contribution in [3.05, 3.63) is 28.2 Å². The zero-order valence-electron chi connectivity index (χ0n) is 10.1. The summed E-state index contributed by atoms with van der Waals surface area (Å²) in [4.78, 5) is 2.02. The van der Waals surface area contributed by atoms with Gasteiger partial charge in [0.2, 0.25) is 0 Å². The molecule has 1 aromatic rings. The van der Waals surface area contributed by atoms with E-state index in [2.05, 4.69) is 15.9 Å². The Balaban J connectivity index is 2.30. The molecule has 6 heteroatoms. The molecule has 0 aliphatic carbocycles. The Bertz CT molecular complexity index is 528. The van der Waals surface area contributed by atoms with E-state index in [-0.39, 0.29) is 11.5 Å². The third kappa shape index (κ3) is 3.05. The summed E-state index contributed by atoms with van der Waals surface area (Å²) >= 11 is 3.41. The van der Waals surface area contributed by atoms with E-state index in [1.165, 1.54) is 0 Å². The molecule has 0 radical (unpaired) electrons. The Hall–Kier alpha value is -0.590. The lowest BCUT2D eigenvalue weighted by molar-refractivity contribution is 0.199. The second-order valence-corrected chi connectivity index (χ2v) is 7.74.